The Hall–Kier alpha value is -0.830. The Labute approximate surface area is 105 Å². The fourth-order valence-electron chi connectivity index (χ4n) is 2.94. The van der Waals surface area contributed by atoms with Gasteiger partial charge in [-0.25, -0.2) is 0 Å². The molecule has 17 heavy (non-hydrogen) atoms. The minimum Gasteiger partial charge on any atom is -0.317 e. The number of nitrogens with zero attached hydrogens (tertiary/aromatic N) is 2. The fraction of sp³-hybridized carbons (Fsp3) is 0.786. The Morgan fingerprint density at radius 3 is 2.82 bits per heavy atom. The van der Waals surface area contributed by atoms with Gasteiger partial charge in [-0.15, -0.1) is 0 Å². The molecule has 0 amide bonds. The molecule has 96 valence electrons. The minimum absolute atomic E-state index is 0.739. The maximum Gasteiger partial charge on any atom is 0.0624 e. The first-order chi connectivity index (χ1) is 8.26. The van der Waals surface area contributed by atoms with Crippen LogP contribution in [-0.4, -0.2) is 22.9 Å². The first-order valence-corrected chi connectivity index (χ1v) is 6.99. The van der Waals surface area contributed by atoms with Gasteiger partial charge in [0, 0.05) is 18.3 Å². The first-order valence-electron chi connectivity index (χ1n) is 6.99. The van der Waals surface area contributed by atoms with Crippen LogP contribution in [0.3, 0.4) is 0 Å². The molecule has 3 nitrogen and oxygen atoms in total. The third kappa shape index (κ3) is 2.89. The lowest BCUT2D eigenvalue weighted by Crippen LogP contribution is -2.21. The molecule has 0 saturated heterocycles. The van der Waals surface area contributed by atoms with E-state index in [9.17, 15) is 0 Å². The van der Waals surface area contributed by atoms with Crippen LogP contribution in [0.15, 0.2) is 6.07 Å². The summed E-state index contributed by atoms with van der Waals surface area (Å²) in [4.78, 5) is 0. The Bertz CT molecular complexity index is 356. The maximum atomic E-state index is 4.63. The smallest absolute Gasteiger partial charge is 0.0624 e. The van der Waals surface area contributed by atoms with Crippen LogP contribution in [0.5, 0.6) is 0 Å². The van der Waals surface area contributed by atoms with E-state index in [4.69, 9.17) is 0 Å². The van der Waals surface area contributed by atoms with Crippen LogP contribution in [0.2, 0.25) is 0 Å². The second-order valence-electron chi connectivity index (χ2n) is 5.17. The third-order valence-electron chi connectivity index (χ3n) is 4.02. The third-order valence-corrected chi connectivity index (χ3v) is 4.02. The molecular weight excluding hydrogens is 210 g/mol. The van der Waals surface area contributed by atoms with Crippen molar-refractivity contribution in [3.05, 3.63) is 17.5 Å². The molecular formula is C14H25N3. The van der Waals surface area contributed by atoms with E-state index in [1.54, 1.807) is 0 Å². The van der Waals surface area contributed by atoms with Crippen LogP contribution in [0, 0.1) is 5.92 Å². The van der Waals surface area contributed by atoms with Gasteiger partial charge in [0.15, 0.2) is 0 Å². The summed E-state index contributed by atoms with van der Waals surface area (Å²) in [5.41, 5.74) is 2.68. The molecule has 1 aliphatic rings. The predicted molar refractivity (Wildman–Crippen MR) is 71.2 cm³/mol. The van der Waals surface area contributed by atoms with Gasteiger partial charge in [-0.05, 0) is 58.1 Å². The molecule has 0 aromatic carbocycles. The van der Waals surface area contributed by atoms with Gasteiger partial charge >= 0.3 is 0 Å². The zero-order valence-corrected chi connectivity index (χ0v) is 11.4. The summed E-state index contributed by atoms with van der Waals surface area (Å²) in [6.45, 7) is 5.36. The van der Waals surface area contributed by atoms with Crippen molar-refractivity contribution in [2.24, 2.45) is 5.92 Å². The molecule has 1 saturated carbocycles. The fourth-order valence-corrected chi connectivity index (χ4v) is 2.94. The van der Waals surface area contributed by atoms with Crippen molar-refractivity contribution >= 4 is 0 Å². The van der Waals surface area contributed by atoms with Gasteiger partial charge in [-0.1, -0.05) is 6.92 Å². The van der Waals surface area contributed by atoms with Gasteiger partial charge in [0.1, 0.15) is 0 Å². The molecule has 3 heteroatoms. The molecule has 0 radical (unpaired) electrons. The summed E-state index contributed by atoms with van der Waals surface area (Å²) in [5.74, 6) is 0.846. The zero-order valence-electron chi connectivity index (χ0n) is 11.4. The number of aromatic nitrogens is 2. The van der Waals surface area contributed by atoms with Crippen LogP contribution < -0.4 is 5.32 Å². The van der Waals surface area contributed by atoms with Crippen molar-refractivity contribution in [2.75, 3.05) is 7.05 Å². The number of aryl methyl sites for hydroxylation is 2. The predicted octanol–water partition coefficient (Wildman–Crippen LogP) is 2.40. The number of hydrogen-bond donors (Lipinski definition) is 1. The molecule has 2 unspecified atom stereocenters. The van der Waals surface area contributed by atoms with Crippen molar-refractivity contribution in [1.82, 2.24) is 15.1 Å². The summed E-state index contributed by atoms with van der Waals surface area (Å²) in [7, 11) is 2.08. The first kappa shape index (κ1) is 12.6. The second kappa shape index (κ2) is 5.67. The van der Waals surface area contributed by atoms with Gasteiger partial charge in [-0.2, -0.15) is 5.10 Å². The van der Waals surface area contributed by atoms with Crippen LogP contribution in [-0.2, 0) is 19.4 Å². The topological polar surface area (TPSA) is 29.9 Å². The van der Waals surface area contributed by atoms with Gasteiger partial charge in [0.05, 0.1) is 5.69 Å². The molecule has 1 heterocycles. The SMILES string of the molecule is CCc1cc(CC2CCC(NC)C2)n(CC)n1. The van der Waals surface area contributed by atoms with E-state index in [0.717, 1.165) is 24.9 Å². The molecule has 0 aliphatic heterocycles. The molecule has 1 aromatic heterocycles. The molecule has 1 aliphatic carbocycles. The number of hydrogen-bond acceptors (Lipinski definition) is 2. The molecule has 2 atom stereocenters. The van der Waals surface area contributed by atoms with Crippen molar-refractivity contribution in [3.63, 3.8) is 0 Å². The number of rotatable bonds is 5. The highest BCUT2D eigenvalue weighted by molar-refractivity contribution is 5.11. The Morgan fingerprint density at radius 2 is 2.24 bits per heavy atom. The summed E-state index contributed by atoms with van der Waals surface area (Å²) in [6, 6.07) is 3.04. The average Bonchev–Trinajstić information content (AvgIpc) is 2.95. The van der Waals surface area contributed by atoms with Gasteiger partial charge in [-0.3, -0.25) is 4.68 Å². The zero-order chi connectivity index (χ0) is 12.3. The van der Waals surface area contributed by atoms with Crippen molar-refractivity contribution in [2.45, 2.75) is 58.5 Å². The van der Waals surface area contributed by atoms with E-state index in [-0.39, 0.29) is 0 Å². The van der Waals surface area contributed by atoms with Gasteiger partial charge in [0.2, 0.25) is 0 Å². The Morgan fingerprint density at radius 1 is 1.41 bits per heavy atom. The lowest BCUT2D eigenvalue weighted by atomic mass is 10.0. The normalized spacial score (nSPS) is 24.4. The molecule has 2 rings (SSSR count). The van der Waals surface area contributed by atoms with E-state index < -0.39 is 0 Å². The van der Waals surface area contributed by atoms with E-state index in [1.165, 1.54) is 37.1 Å². The van der Waals surface area contributed by atoms with E-state index in [2.05, 4.69) is 42.1 Å². The summed E-state index contributed by atoms with van der Waals surface area (Å²) in [6.07, 6.45) is 6.28. The van der Waals surface area contributed by atoms with Gasteiger partial charge in [0.25, 0.3) is 0 Å². The number of nitrogens with one attached hydrogen (secondary N) is 1. The highest BCUT2D eigenvalue weighted by Crippen LogP contribution is 2.28. The monoisotopic (exact) mass is 235 g/mol. The van der Waals surface area contributed by atoms with Crippen LogP contribution in [0.1, 0.15) is 44.5 Å². The quantitative estimate of drug-likeness (QED) is 0.849. The second-order valence-corrected chi connectivity index (χ2v) is 5.17. The molecule has 1 N–H and O–H groups in total. The van der Waals surface area contributed by atoms with Gasteiger partial charge < -0.3 is 5.32 Å². The maximum absolute atomic E-state index is 4.63. The summed E-state index contributed by atoms with van der Waals surface area (Å²) >= 11 is 0. The van der Waals surface area contributed by atoms with Crippen molar-refractivity contribution in [3.8, 4) is 0 Å². The molecule has 1 fully saturated rings. The highest BCUT2D eigenvalue weighted by atomic mass is 15.3. The van der Waals surface area contributed by atoms with Crippen molar-refractivity contribution < 1.29 is 0 Å². The summed E-state index contributed by atoms with van der Waals surface area (Å²) in [5, 5.41) is 8.03. The average molecular weight is 235 g/mol. The lowest BCUT2D eigenvalue weighted by Gasteiger charge is -2.11. The van der Waals surface area contributed by atoms with E-state index in [0.29, 0.717) is 0 Å². The molecule has 1 aromatic rings. The Balaban J connectivity index is 2.00. The van der Waals surface area contributed by atoms with E-state index in [1.807, 2.05) is 0 Å². The Kier molecular flexibility index (Phi) is 4.21. The summed E-state index contributed by atoms with van der Waals surface area (Å²) < 4.78 is 2.19. The van der Waals surface area contributed by atoms with Crippen LogP contribution in [0.25, 0.3) is 0 Å². The molecule has 0 bridgehead atoms. The molecule has 0 spiro atoms. The minimum atomic E-state index is 0.739. The van der Waals surface area contributed by atoms with Crippen molar-refractivity contribution in [1.29, 1.82) is 0 Å². The lowest BCUT2D eigenvalue weighted by molar-refractivity contribution is 0.486. The standard InChI is InChI=1S/C14H25N3/c1-4-12-10-14(17(5-2)16-12)9-11-6-7-13(8-11)15-3/h10-11,13,15H,4-9H2,1-3H3. The van der Waals surface area contributed by atoms with E-state index >= 15 is 0 Å². The van der Waals surface area contributed by atoms with Crippen LogP contribution in [0.4, 0.5) is 0 Å². The highest BCUT2D eigenvalue weighted by Gasteiger charge is 2.24. The largest absolute Gasteiger partial charge is 0.317 e. The van der Waals surface area contributed by atoms with Crippen LogP contribution >= 0.6 is 0 Å².